The van der Waals surface area contributed by atoms with Crippen molar-refractivity contribution < 1.29 is 0 Å². The monoisotopic (exact) mass is 662 g/mol. The molecule has 1 atom stereocenters. The third-order valence-corrected chi connectivity index (χ3v) is 10.6. The van der Waals surface area contributed by atoms with Crippen LogP contribution in [0.1, 0.15) is 22.9 Å². The van der Waals surface area contributed by atoms with Gasteiger partial charge in [0, 0.05) is 49.4 Å². The normalized spacial score (nSPS) is 12.5. The Morgan fingerprint density at radius 2 is 1.30 bits per heavy atom. The fourth-order valence-electron chi connectivity index (χ4n) is 6.95. The molecular weight excluding hydrogens is 629 g/mol. The summed E-state index contributed by atoms with van der Waals surface area (Å²) in [6, 6.07) is 60.5. The number of hydrogen-bond acceptors (Lipinski definition) is 4. The molecule has 0 aliphatic heterocycles. The molecule has 2 aromatic heterocycles. The zero-order valence-electron chi connectivity index (χ0n) is 27.3. The van der Waals surface area contributed by atoms with Gasteiger partial charge in [-0.25, -0.2) is 5.43 Å². The largest absolute Gasteiger partial charge is 0.309 e. The topological polar surface area (TPSA) is 41.4 Å². The summed E-state index contributed by atoms with van der Waals surface area (Å²) in [5.41, 5.74) is 16.2. The Balaban J connectivity index is 1.10. The van der Waals surface area contributed by atoms with Crippen molar-refractivity contribution in [2.75, 3.05) is 0 Å². The van der Waals surface area contributed by atoms with Gasteiger partial charge >= 0.3 is 0 Å². The molecule has 0 bridgehead atoms. The van der Waals surface area contributed by atoms with Crippen LogP contribution in [0.3, 0.4) is 0 Å². The Morgan fingerprint density at radius 1 is 0.600 bits per heavy atom. The number of nitrogens with zero attached hydrogens (tertiary/aromatic N) is 2. The number of benzene rings is 7. The zero-order valence-corrected chi connectivity index (χ0v) is 28.1. The molecule has 0 fully saturated rings. The third-order valence-electron chi connectivity index (χ3n) is 9.40. The van der Waals surface area contributed by atoms with E-state index in [1.807, 2.05) is 41.8 Å². The standard InChI is InChI=1S/C45H34N4S/c1-3-12-31(13-4-1)29-46-45(48-47-30-32-14-5-2-6-15-32)33-22-25-35(26-23-33)49-41-20-9-7-16-37(41)38-27-24-34(28-42(38)49)36-18-11-19-40-39-17-8-10-21-43(39)50-44(36)40/h1-29,45,47-48H,30H2. The summed E-state index contributed by atoms with van der Waals surface area (Å²) in [7, 11) is 0. The third kappa shape index (κ3) is 5.67. The molecule has 0 radical (unpaired) electrons. The predicted octanol–water partition coefficient (Wildman–Crippen LogP) is 11.2. The molecule has 9 aromatic rings. The Morgan fingerprint density at radius 3 is 2.14 bits per heavy atom. The first-order valence-electron chi connectivity index (χ1n) is 16.9. The summed E-state index contributed by atoms with van der Waals surface area (Å²) >= 11 is 1.88. The predicted molar refractivity (Wildman–Crippen MR) is 212 cm³/mol. The molecule has 0 amide bonds. The average Bonchev–Trinajstić information content (AvgIpc) is 3.73. The second kappa shape index (κ2) is 13.2. The summed E-state index contributed by atoms with van der Waals surface area (Å²) in [4.78, 5) is 4.97. The van der Waals surface area contributed by atoms with Crippen LogP contribution in [-0.4, -0.2) is 10.8 Å². The van der Waals surface area contributed by atoms with Crippen LogP contribution in [0.2, 0.25) is 0 Å². The van der Waals surface area contributed by atoms with E-state index in [4.69, 9.17) is 4.99 Å². The maximum absolute atomic E-state index is 4.97. The minimum Gasteiger partial charge on any atom is -0.309 e. The van der Waals surface area contributed by atoms with Crippen LogP contribution in [0.25, 0.3) is 58.8 Å². The van der Waals surface area contributed by atoms with Gasteiger partial charge < -0.3 is 4.57 Å². The molecule has 4 nitrogen and oxygen atoms in total. The molecule has 0 saturated carbocycles. The summed E-state index contributed by atoms with van der Waals surface area (Å²) in [5, 5.41) is 5.13. The number of nitrogens with one attached hydrogen (secondary N) is 2. The summed E-state index contributed by atoms with van der Waals surface area (Å²) in [5.74, 6) is 0. The van der Waals surface area contributed by atoms with Crippen molar-refractivity contribution >= 4 is 59.5 Å². The van der Waals surface area contributed by atoms with E-state index in [1.54, 1.807) is 0 Å². The fraction of sp³-hybridized carbons (Fsp3) is 0.0444. The smallest absolute Gasteiger partial charge is 0.137 e. The first-order chi connectivity index (χ1) is 24.8. The second-order valence-electron chi connectivity index (χ2n) is 12.5. The lowest BCUT2D eigenvalue weighted by atomic mass is 10.0. The van der Waals surface area contributed by atoms with E-state index >= 15 is 0 Å². The van der Waals surface area contributed by atoms with Crippen LogP contribution in [0.4, 0.5) is 0 Å². The number of hydrazine groups is 1. The lowest BCUT2D eigenvalue weighted by Gasteiger charge is -2.17. The number of para-hydroxylation sites is 1. The molecule has 240 valence electrons. The van der Waals surface area contributed by atoms with Gasteiger partial charge in [0.1, 0.15) is 6.17 Å². The van der Waals surface area contributed by atoms with E-state index in [2.05, 4.69) is 161 Å². The molecule has 1 unspecified atom stereocenters. The van der Waals surface area contributed by atoms with Crippen molar-refractivity contribution in [3.8, 4) is 16.8 Å². The van der Waals surface area contributed by atoms with Crippen LogP contribution >= 0.6 is 11.3 Å². The van der Waals surface area contributed by atoms with Gasteiger partial charge in [-0.15, -0.1) is 11.3 Å². The lowest BCUT2D eigenvalue weighted by Crippen LogP contribution is -2.34. The minimum absolute atomic E-state index is 0.278. The fourth-order valence-corrected chi connectivity index (χ4v) is 8.19. The molecular formula is C45H34N4S. The highest BCUT2D eigenvalue weighted by atomic mass is 32.1. The highest BCUT2D eigenvalue weighted by Crippen LogP contribution is 2.41. The van der Waals surface area contributed by atoms with Gasteiger partial charge in [0.25, 0.3) is 0 Å². The minimum atomic E-state index is -0.278. The molecule has 5 heteroatoms. The van der Waals surface area contributed by atoms with Gasteiger partial charge in [-0.05, 0) is 58.1 Å². The maximum atomic E-state index is 4.97. The number of aromatic nitrogens is 1. The van der Waals surface area contributed by atoms with Crippen LogP contribution < -0.4 is 10.9 Å². The van der Waals surface area contributed by atoms with Crippen LogP contribution in [0, 0.1) is 0 Å². The molecule has 2 heterocycles. The second-order valence-corrected chi connectivity index (χ2v) is 13.6. The van der Waals surface area contributed by atoms with Crippen LogP contribution in [0.15, 0.2) is 175 Å². The number of hydrogen-bond donors (Lipinski definition) is 2. The molecule has 7 aromatic carbocycles. The highest BCUT2D eigenvalue weighted by molar-refractivity contribution is 7.26. The SMILES string of the molecule is C(=NC(NNCc1ccccc1)c1ccc(-n2c3ccccc3c3ccc(-c4cccc5c4sc4ccccc45)cc32)cc1)c1ccccc1. The maximum Gasteiger partial charge on any atom is 0.137 e. The van der Waals surface area contributed by atoms with Crippen molar-refractivity contribution in [1.82, 2.24) is 15.4 Å². The number of rotatable bonds is 9. The zero-order chi connectivity index (χ0) is 33.3. The van der Waals surface area contributed by atoms with Gasteiger partial charge in [0.05, 0.1) is 11.0 Å². The summed E-state index contributed by atoms with van der Waals surface area (Å²) < 4.78 is 5.05. The first-order valence-corrected chi connectivity index (χ1v) is 17.8. The first kappa shape index (κ1) is 30.2. The number of thiophene rings is 1. The van der Waals surface area contributed by atoms with Crippen molar-refractivity contribution in [1.29, 1.82) is 0 Å². The molecule has 0 aliphatic rings. The van der Waals surface area contributed by atoms with E-state index < -0.39 is 0 Å². The van der Waals surface area contributed by atoms with Gasteiger partial charge in [-0.2, -0.15) is 0 Å². The van der Waals surface area contributed by atoms with Crippen LogP contribution in [-0.2, 0) is 6.54 Å². The van der Waals surface area contributed by atoms with E-state index in [-0.39, 0.29) is 6.17 Å². The molecule has 0 spiro atoms. The Kier molecular flexibility index (Phi) is 7.99. The molecule has 0 saturated heterocycles. The van der Waals surface area contributed by atoms with E-state index in [1.165, 1.54) is 58.7 Å². The van der Waals surface area contributed by atoms with Crippen molar-refractivity contribution in [3.05, 3.63) is 187 Å². The molecule has 9 rings (SSSR count). The quantitative estimate of drug-likeness (QED) is 0.119. The van der Waals surface area contributed by atoms with Crippen molar-refractivity contribution in [2.45, 2.75) is 12.7 Å². The average molecular weight is 663 g/mol. The number of aliphatic imine (C=N–C) groups is 1. The number of fused-ring (bicyclic) bond motifs is 6. The van der Waals surface area contributed by atoms with Gasteiger partial charge in [0.2, 0.25) is 0 Å². The Labute approximate surface area is 295 Å². The Bertz CT molecular complexity index is 2620. The van der Waals surface area contributed by atoms with Crippen LogP contribution in [0.5, 0.6) is 0 Å². The summed E-state index contributed by atoms with van der Waals surface area (Å²) in [6.07, 6.45) is 1.65. The molecule has 0 aliphatic carbocycles. The Hall–Kier alpha value is -5.85. The summed E-state index contributed by atoms with van der Waals surface area (Å²) in [6.45, 7) is 0.690. The van der Waals surface area contributed by atoms with Gasteiger partial charge in [0.15, 0.2) is 0 Å². The van der Waals surface area contributed by atoms with E-state index in [0.29, 0.717) is 6.54 Å². The molecule has 2 N–H and O–H groups in total. The van der Waals surface area contributed by atoms with Gasteiger partial charge in [-0.3, -0.25) is 10.4 Å². The van der Waals surface area contributed by atoms with E-state index in [9.17, 15) is 0 Å². The van der Waals surface area contributed by atoms with Crippen molar-refractivity contribution in [3.63, 3.8) is 0 Å². The van der Waals surface area contributed by atoms with E-state index in [0.717, 1.165) is 16.8 Å². The lowest BCUT2D eigenvalue weighted by molar-refractivity contribution is 0.449. The van der Waals surface area contributed by atoms with Gasteiger partial charge in [-0.1, -0.05) is 140 Å². The molecule has 50 heavy (non-hydrogen) atoms. The highest BCUT2D eigenvalue weighted by Gasteiger charge is 2.16. The van der Waals surface area contributed by atoms with Crippen molar-refractivity contribution in [2.24, 2.45) is 4.99 Å².